The second-order valence-electron chi connectivity index (χ2n) is 7.03. The summed E-state index contributed by atoms with van der Waals surface area (Å²) in [5, 5.41) is 1.82. The SMILES string of the molecule is O=S(=O)(Nc1cc(-c2cccs2)ccc1NS(=O)(=O)c1ccc(Cl)s1)c1ccc(OC(F)(F)F)cc1. The van der Waals surface area contributed by atoms with E-state index in [0.29, 0.717) is 5.56 Å². The Morgan fingerprint density at radius 1 is 0.833 bits per heavy atom. The van der Waals surface area contributed by atoms with Crippen LogP contribution in [0.4, 0.5) is 24.5 Å². The molecule has 0 radical (unpaired) electrons. The molecule has 4 rings (SSSR count). The Labute approximate surface area is 217 Å². The number of thiophene rings is 2. The lowest BCUT2D eigenvalue weighted by molar-refractivity contribution is -0.274. The third kappa shape index (κ3) is 6.31. The highest BCUT2D eigenvalue weighted by molar-refractivity contribution is 7.94. The zero-order valence-electron chi connectivity index (χ0n) is 17.6. The van der Waals surface area contributed by atoms with E-state index < -0.39 is 32.2 Å². The number of hydrogen-bond acceptors (Lipinski definition) is 7. The van der Waals surface area contributed by atoms with Crippen molar-refractivity contribution in [2.75, 3.05) is 9.44 Å². The Hall–Kier alpha value is -2.78. The summed E-state index contributed by atoms with van der Waals surface area (Å²) in [6.07, 6.45) is -4.93. The summed E-state index contributed by atoms with van der Waals surface area (Å²) in [5.41, 5.74) is 0.446. The maximum atomic E-state index is 13.0. The molecule has 0 spiro atoms. The van der Waals surface area contributed by atoms with E-state index in [-0.39, 0.29) is 24.8 Å². The molecule has 0 saturated heterocycles. The highest BCUT2D eigenvalue weighted by atomic mass is 35.5. The van der Waals surface area contributed by atoms with Crippen LogP contribution in [-0.2, 0) is 20.0 Å². The van der Waals surface area contributed by atoms with E-state index in [4.69, 9.17) is 11.6 Å². The molecule has 0 aliphatic carbocycles. The van der Waals surface area contributed by atoms with Crippen molar-refractivity contribution >= 4 is 65.7 Å². The van der Waals surface area contributed by atoms with Crippen LogP contribution in [0.2, 0.25) is 4.34 Å². The highest BCUT2D eigenvalue weighted by Crippen LogP contribution is 2.35. The van der Waals surface area contributed by atoms with Crippen LogP contribution < -0.4 is 14.2 Å². The molecule has 0 amide bonds. The van der Waals surface area contributed by atoms with Crippen LogP contribution in [0.3, 0.4) is 0 Å². The van der Waals surface area contributed by atoms with Crippen molar-refractivity contribution in [1.82, 2.24) is 0 Å². The minimum Gasteiger partial charge on any atom is -0.406 e. The lowest BCUT2D eigenvalue weighted by Crippen LogP contribution is -2.18. The molecule has 7 nitrogen and oxygen atoms in total. The van der Waals surface area contributed by atoms with Gasteiger partial charge in [0, 0.05) is 4.88 Å². The molecule has 0 aliphatic rings. The molecule has 15 heteroatoms. The number of nitrogens with one attached hydrogen (secondary N) is 2. The van der Waals surface area contributed by atoms with E-state index in [9.17, 15) is 30.0 Å². The second kappa shape index (κ2) is 9.94. The van der Waals surface area contributed by atoms with E-state index in [0.717, 1.165) is 40.5 Å². The Kier molecular flexibility index (Phi) is 7.26. The Bertz CT molecular complexity index is 1590. The zero-order valence-corrected chi connectivity index (χ0v) is 21.6. The van der Waals surface area contributed by atoms with Crippen molar-refractivity contribution in [3.05, 3.63) is 76.4 Å². The van der Waals surface area contributed by atoms with Crippen LogP contribution in [-0.4, -0.2) is 23.2 Å². The van der Waals surface area contributed by atoms with E-state index in [1.807, 2.05) is 5.38 Å². The van der Waals surface area contributed by atoms with E-state index in [1.54, 1.807) is 18.2 Å². The van der Waals surface area contributed by atoms with Gasteiger partial charge in [0.1, 0.15) is 9.96 Å². The largest absolute Gasteiger partial charge is 0.573 e. The molecular weight excluding hydrogens is 581 g/mol. The number of sulfonamides is 2. The van der Waals surface area contributed by atoms with Crippen LogP contribution in [0.25, 0.3) is 10.4 Å². The van der Waals surface area contributed by atoms with Gasteiger partial charge in [0.15, 0.2) is 0 Å². The van der Waals surface area contributed by atoms with Gasteiger partial charge in [0.2, 0.25) is 0 Å². The molecule has 2 N–H and O–H groups in total. The minimum atomic E-state index is -4.93. The first-order valence-corrected chi connectivity index (χ1v) is 14.7. The summed E-state index contributed by atoms with van der Waals surface area (Å²) in [5.74, 6) is -0.593. The van der Waals surface area contributed by atoms with E-state index >= 15 is 0 Å². The molecule has 2 heterocycles. The number of ether oxygens (including phenoxy) is 1. The Balaban J connectivity index is 1.69. The van der Waals surface area contributed by atoms with Gasteiger partial charge >= 0.3 is 6.36 Å². The number of rotatable bonds is 8. The first-order chi connectivity index (χ1) is 16.8. The topological polar surface area (TPSA) is 102 Å². The summed E-state index contributed by atoms with van der Waals surface area (Å²) < 4.78 is 97.5. The fourth-order valence-electron chi connectivity index (χ4n) is 2.98. The van der Waals surface area contributed by atoms with Gasteiger partial charge in [-0.3, -0.25) is 9.44 Å². The van der Waals surface area contributed by atoms with Crippen molar-refractivity contribution < 1.29 is 34.7 Å². The van der Waals surface area contributed by atoms with E-state index in [2.05, 4.69) is 14.2 Å². The lowest BCUT2D eigenvalue weighted by atomic mass is 10.1. The minimum absolute atomic E-state index is 0.0690. The van der Waals surface area contributed by atoms with Crippen LogP contribution in [0.1, 0.15) is 0 Å². The molecule has 0 aliphatic heterocycles. The first-order valence-electron chi connectivity index (χ1n) is 9.67. The number of halogens is 4. The number of alkyl halides is 3. The molecule has 4 aromatic rings. The highest BCUT2D eigenvalue weighted by Gasteiger charge is 2.31. The van der Waals surface area contributed by atoms with Crippen molar-refractivity contribution in [3.8, 4) is 16.2 Å². The molecule has 36 heavy (non-hydrogen) atoms. The summed E-state index contributed by atoms with van der Waals surface area (Å²) in [6.45, 7) is 0. The van der Waals surface area contributed by atoms with Gasteiger partial charge in [-0.1, -0.05) is 23.7 Å². The van der Waals surface area contributed by atoms with Crippen molar-refractivity contribution in [3.63, 3.8) is 0 Å². The smallest absolute Gasteiger partial charge is 0.406 e. The number of hydrogen-bond donors (Lipinski definition) is 2. The summed E-state index contributed by atoms with van der Waals surface area (Å²) in [7, 11) is -8.43. The average Bonchev–Trinajstić information content (AvgIpc) is 3.46. The molecular formula is C21H14ClF3N2O5S4. The predicted molar refractivity (Wildman–Crippen MR) is 134 cm³/mol. The Morgan fingerprint density at radius 2 is 1.53 bits per heavy atom. The quantitative estimate of drug-likeness (QED) is 0.238. The zero-order chi connectivity index (χ0) is 26.1. The van der Waals surface area contributed by atoms with E-state index in [1.165, 1.54) is 35.6 Å². The standard InChI is InChI=1S/C21H14ClF3N2O5S4/c22-19-9-10-20(34-19)36(30,31)26-16-8-3-13(18-2-1-11-33-18)12-17(16)27-35(28,29)15-6-4-14(5-7-15)32-21(23,24)25/h1-12,26-27H. The maximum Gasteiger partial charge on any atom is 0.573 e. The molecule has 0 saturated carbocycles. The van der Waals surface area contributed by atoms with Crippen LogP contribution >= 0.6 is 34.3 Å². The lowest BCUT2D eigenvalue weighted by Gasteiger charge is -2.16. The normalized spacial score (nSPS) is 12.3. The molecule has 0 atom stereocenters. The predicted octanol–water partition coefficient (Wildman–Crippen LogP) is 6.63. The van der Waals surface area contributed by atoms with Crippen molar-refractivity contribution in [1.29, 1.82) is 0 Å². The third-order valence-corrected chi connectivity index (χ3v) is 9.88. The first kappa shape index (κ1) is 26.3. The fraction of sp³-hybridized carbons (Fsp3) is 0.0476. The van der Waals surface area contributed by atoms with Gasteiger partial charge in [-0.2, -0.15) is 0 Å². The van der Waals surface area contributed by atoms with Crippen molar-refractivity contribution in [2.45, 2.75) is 15.5 Å². The van der Waals surface area contributed by atoms with Gasteiger partial charge in [0.05, 0.1) is 20.6 Å². The van der Waals surface area contributed by atoms with Gasteiger partial charge < -0.3 is 4.74 Å². The number of benzene rings is 2. The Morgan fingerprint density at radius 3 is 2.11 bits per heavy atom. The summed E-state index contributed by atoms with van der Waals surface area (Å²) >= 11 is 8.06. The second-order valence-corrected chi connectivity index (χ2v) is 13.3. The molecule has 2 aromatic heterocycles. The van der Waals surface area contributed by atoms with Gasteiger partial charge in [-0.05, 0) is 65.5 Å². The van der Waals surface area contributed by atoms with Gasteiger partial charge in [-0.25, -0.2) is 16.8 Å². The fourth-order valence-corrected chi connectivity index (χ4v) is 7.33. The molecule has 190 valence electrons. The summed E-state index contributed by atoms with van der Waals surface area (Å²) in [4.78, 5) is 0.431. The van der Waals surface area contributed by atoms with Gasteiger partial charge in [0.25, 0.3) is 20.0 Å². The summed E-state index contributed by atoms with van der Waals surface area (Å²) in [6, 6.07) is 14.4. The number of anilines is 2. The van der Waals surface area contributed by atoms with Crippen LogP contribution in [0, 0.1) is 0 Å². The maximum absolute atomic E-state index is 13.0. The van der Waals surface area contributed by atoms with Gasteiger partial charge in [-0.15, -0.1) is 35.8 Å². The van der Waals surface area contributed by atoms with Crippen molar-refractivity contribution in [2.24, 2.45) is 0 Å². The van der Waals surface area contributed by atoms with Crippen LogP contribution in [0.15, 0.2) is 81.2 Å². The average molecular weight is 595 g/mol. The molecule has 0 bridgehead atoms. The van der Waals surface area contributed by atoms with Crippen LogP contribution in [0.5, 0.6) is 5.75 Å². The molecule has 0 unspecified atom stereocenters. The molecule has 2 aromatic carbocycles. The molecule has 0 fully saturated rings. The third-order valence-electron chi connectivity index (χ3n) is 4.49. The monoisotopic (exact) mass is 594 g/mol.